The molecule has 3 N–H and O–H groups in total. The van der Waals surface area contributed by atoms with Crippen LogP contribution in [0.25, 0.3) is 11.4 Å². The van der Waals surface area contributed by atoms with E-state index >= 15 is 0 Å². The summed E-state index contributed by atoms with van der Waals surface area (Å²) in [6, 6.07) is 4.69. The molecule has 158 valence electrons. The summed E-state index contributed by atoms with van der Waals surface area (Å²) in [7, 11) is -8.37. The Bertz CT molecular complexity index is 1370. The summed E-state index contributed by atoms with van der Waals surface area (Å²) in [5, 5.41) is 18.9. The van der Waals surface area contributed by atoms with Crippen LogP contribution in [0.1, 0.15) is 17.0 Å². The highest BCUT2D eigenvalue weighted by Gasteiger charge is 2.33. The summed E-state index contributed by atoms with van der Waals surface area (Å²) in [4.78, 5) is 5.43. The van der Waals surface area contributed by atoms with E-state index in [0.717, 1.165) is 28.9 Å². The summed E-state index contributed by atoms with van der Waals surface area (Å²) >= 11 is 0. The molecule has 0 bridgehead atoms. The van der Waals surface area contributed by atoms with Crippen molar-refractivity contribution in [3.8, 4) is 11.4 Å². The number of hydrogen-bond donors (Lipinski definition) is 2. The molecule has 0 unspecified atom stereocenters. The lowest BCUT2D eigenvalue weighted by atomic mass is 10.1. The normalized spacial score (nSPS) is 14.2. The third-order valence-electron chi connectivity index (χ3n) is 4.97. The molecule has 2 aromatic heterocycles. The molecule has 0 spiro atoms. The number of nitrogens with zero attached hydrogens (tertiary/aromatic N) is 5. The maximum Gasteiger partial charge on any atom is 0.240 e. The molecule has 1 aromatic carbocycles. The largest absolute Gasteiger partial charge is 0.340 e. The highest BCUT2D eigenvalue weighted by atomic mass is 32.2. The average Bonchev–Trinajstić information content (AvgIpc) is 3.28. The van der Waals surface area contributed by atoms with Gasteiger partial charge in [0.05, 0.1) is 16.1 Å². The van der Waals surface area contributed by atoms with E-state index < -0.39 is 29.7 Å². The Morgan fingerprint density at radius 3 is 2.47 bits per heavy atom. The first kappa shape index (κ1) is 20.4. The van der Waals surface area contributed by atoms with Crippen LogP contribution in [0.5, 0.6) is 0 Å². The van der Waals surface area contributed by atoms with Crippen molar-refractivity contribution in [1.29, 1.82) is 0 Å². The SMILES string of the molecule is Cc1cc2c(c(C)n1)CCN2c1ccc(S(C)(=O)=O)c(S(N)(=O)=O)c1-c1nnn[nH]1. The molecule has 11 nitrogen and oxygen atoms in total. The molecule has 0 amide bonds. The Balaban J connectivity index is 2.10. The van der Waals surface area contributed by atoms with Crippen LogP contribution in [0.2, 0.25) is 0 Å². The maximum atomic E-state index is 12.5. The van der Waals surface area contributed by atoms with Gasteiger partial charge in [-0.3, -0.25) is 4.98 Å². The topological polar surface area (TPSA) is 165 Å². The number of nitrogens with two attached hydrogens (primary N) is 1. The second-order valence-electron chi connectivity index (χ2n) is 7.10. The second kappa shape index (κ2) is 6.82. The molecule has 0 fully saturated rings. The predicted molar refractivity (Wildman–Crippen MR) is 109 cm³/mol. The number of primary sulfonamides is 1. The third-order valence-corrected chi connectivity index (χ3v) is 7.23. The molecule has 30 heavy (non-hydrogen) atoms. The van der Waals surface area contributed by atoms with Crippen LogP contribution in [-0.2, 0) is 26.3 Å². The molecule has 13 heteroatoms. The minimum atomic E-state index is -4.45. The van der Waals surface area contributed by atoms with Crippen LogP contribution in [0.15, 0.2) is 28.0 Å². The number of tetrazole rings is 1. The minimum Gasteiger partial charge on any atom is -0.340 e. The first-order valence-electron chi connectivity index (χ1n) is 8.87. The number of anilines is 2. The van der Waals surface area contributed by atoms with Crippen molar-refractivity contribution in [1.82, 2.24) is 25.6 Å². The van der Waals surface area contributed by atoms with E-state index in [4.69, 9.17) is 5.14 Å². The number of aromatic nitrogens is 5. The van der Waals surface area contributed by atoms with Crippen molar-refractivity contribution in [2.45, 2.75) is 30.1 Å². The van der Waals surface area contributed by atoms with E-state index in [1.54, 1.807) is 6.07 Å². The number of pyridine rings is 1. The Kier molecular flexibility index (Phi) is 4.63. The molecule has 1 aliphatic rings. The molecule has 0 aliphatic carbocycles. The first-order chi connectivity index (χ1) is 14.0. The number of hydrogen-bond acceptors (Lipinski definition) is 9. The Morgan fingerprint density at radius 2 is 1.87 bits per heavy atom. The summed E-state index contributed by atoms with van der Waals surface area (Å²) in [6.07, 6.45) is 1.61. The summed E-state index contributed by atoms with van der Waals surface area (Å²) in [6.45, 7) is 4.32. The van der Waals surface area contributed by atoms with Gasteiger partial charge in [0.25, 0.3) is 0 Å². The van der Waals surface area contributed by atoms with Gasteiger partial charge >= 0.3 is 0 Å². The molecule has 3 heterocycles. The van der Waals surface area contributed by atoms with E-state index in [0.29, 0.717) is 18.7 Å². The highest BCUT2D eigenvalue weighted by molar-refractivity contribution is 7.93. The number of benzene rings is 1. The van der Waals surface area contributed by atoms with Crippen LogP contribution >= 0.6 is 0 Å². The molecule has 3 aromatic rings. The monoisotopic (exact) mass is 449 g/mol. The van der Waals surface area contributed by atoms with Gasteiger partial charge in [-0.1, -0.05) is 0 Å². The van der Waals surface area contributed by atoms with Crippen LogP contribution in [-0.4, -0.2) is 55.2 Å². The molecule has 1 aliphatic heterocycles. The van der Waals surface area contributed by atoms with Crippen molar-refractivity contribution in [2.75, 3.05) is 17.7 Å². The number of sulfonamides is 1. The highest BCUT2D eigenvalue weighted by Crippen LogP contribution is 2.44. The van der Waals surface area contributed by atoms with Crippen molar-refractivity contribution in [3.63, 3.8) is 0 Å². The number of fused-ring (bicyclic) bond motifs is 1. The van der Waals surface area contributed by atoms with Gasteiger partial charge in [0.2, 0.25) is 10.0 Å². The van der Waals surface area contributed by atoms with Crippen LogP contribution in [0.4, 0.5) is 11.4 Å². The predicted octanol–water partition coefficient (Wildman–Crippen LogP) is 0.624. The van der Waals surface area contributed by atoms with Crippen molar-refractivity contribution in [3.05, 3.63) is 35.2 Å². The maximum absolute atomic E-state index is 12.5. The van der Waals surface area contributed by atoms with Gasteiger partial charge in [-0.15, -0.1) is 5.10 Å². The Hall–Kier alpha value is -2.90. The number of nitrogens with one attached hydrogen (secondary N) is 1. The number of rotatable bonds is 4. The van der Waals surface area contributed by atoms with Gasteiger partial charge in [-0.25, -0.2) is 27.1 Å². The summed E-state index contributed by atoms with van der Waals surface area (Å²) < 4.78 is 49.8. The zero-order chi connectivity index (χ0) is 21.8. The van der Waals surface area contributed by atoms with E-state index in [1.807, 2.05) is 24.8 Å². The second-order valence-corrected chi connectivity index (χ2v) is 10.6. The lowest BCUT2D eigenvalue weighted by Gasteiger charge is -2.24. The minimum absolute atomic E-state index is 0.00419. The Labute approximate surface area is 173 Å². The fraction of sp³-hybridized carbons (Fsp3) is 0.294. The number of sulfone groups is 1. The lowest BCUT2D eigenvalue weighted by molar-refractivity contribution is 0.586. The summed E-state index contributed by atoms with van der Waals surface area (Å²) in [5.74, 6) is -0.00419. The van der Waals surface area contributed by atoms with Crippen molar-refractivity contribution >= 4 is 31.2 Å². The van der Waals surface area contributed by atoms with E-state index in [9.17, 15) is 16.8 Å². The van der Waals surface area contributed by atoms with E-state index in [-0.39, 0.29) is 11.4 Å². The Morgan fingerprint density at radius 1 is 1.13 bits per heavy atom. The fourth-order valence-corrected chi connectivity index (χ4v) is 6.22. The summed E-state index contributed by atoms with van der Waals surface area (Å²) in [5.41, 5.74) is 4.02. The van der Waals surface area contributed by atoms with E-state index in [2.05, 4.69) is 25.6 Å². The van der Waals surface area contributed by atoms with Gasteiger partial charge in [-0.2, -0.15) is 0 Å². The van der Waals surface area contributed by atoms with Gasteiger partial charge in [0.15, 0.2) is 15.7 Å². The number of aryl methyl sites for hydroxylation is 2. The standard InChI is InChI=1S/C17H19N7O4S2/c1-9-8-13-11(10(2)19-9)6-7-24(13)12-4-5-14(29(3,25)26)16(30(18,27)28)15(12)17-20-22-23-21-17/h4-5,8H,6-7H2,1-3H3,(H2,18,27,28)(H,20,21,22,23). The molecule has 0 atom stereocenters. The van der Waals surface area contributed by atoms with Crippen LogP contribution in [0.3, 0.4) is 0 Å². The molecular weight excluding hydrogens is 430 g/mol. The van der Waals surface area contributed by atoms with Gasteiger partial charge in [0.1, 0.15) is 4.90 Å². The van der Waals surface area contributed by atoms with Gasteiger partial charge in [-0.05, 0) is 54.5 Å². The molecule has 0 saturated heterocycles. The molecule has 0 radical (unpaired) electrons. The van der Waals surface area contributed by atoms with Crippen molar-refractivity contribution in [2.24, 2.45) is 5.14 Å². The molecule has 4 rings (SSSR count). The quantitative estimate of drug-likeness (QED) is 0.581. The number of H-pyrrole nitrogens is 1. The average molecular weight is 450 g/mol. The fourth-order valence-electron chi connectivity index (χ4n) is 3.83. The molecular formula is C17H19N7O4S2. The van der Waals surface area contributed by atoms with Crippen LogP contribution in [0, 0.1) is 13.8 Å². The smallest absolute Gasteiger partial charge is 0.240 e. The molecule has 0 saturated carbocycles. The van der Waals surface area contributed by atoms with Crippen molar-refractivity contribution < 1.29 is 16.8 Å². The van der Waals surface area contributed by atoms with Gasteiger partial charge in [0, 0.05) is 29.9 Å². The number of aromatic amines is 1. The zero-order valence-electron chi connectivity index (χ0n) is 16.4. The third kappa shape index (κ3) is 3.34. The van der Waals surface area contributed by atoms with Crippen LogP contribution < -0.4 is 10.0 Å². The zero-order valence-corrected chi connectivity index (χ0v) is 18.0. The van der Waals surface area contributed by atoms with E-state index in [1.165, 1.54) is 6.07 Å². The lowest BCUT2D eigenvalue weighted by Crippen LogP contribution is -2.21. The first-order valence-corrected chi connectivity index (χ1v) is 12.3. The van der Waals surface area contributed by atoms with Gasteiger partial charge < -0.3 is 4.90 Å².